The van der Waals surface area contributed by atoms with Crippen molar-refractivity contribution in [2.24, 2.45) is 0 Å². The Labute approximate surface area is 100 Å². The summed E-state index contributed by atoms with van der Waals surface area (Å²) in [7, 11) is 5.51. The fourth-order valence-corrected chi connectivity index (χ4v) is 1.47. The highest BCUT2D eigenvalue weighted by molar-refractivity contribution is 5.36. The van der Waals surface area contributed by atoms with Crippen LogP contribution >= 0.6 is 0 Å². The lowest BCUT2D eigenvalue weighted by Crippen LogP contribution is -2.20. The maximum atomic E-state index is 5.65. The Morgan fingerprint density at radius 3 is 2.76 bits per heavy atom. The Kier molecular flexibility index (Phi) is 3.58. The van der Waals surface area contributed by atoms with Crippen molar-refractivity contribution >= 4 is 11.9 Å². The van der Waals surface area contributed by atoms with Gasteiger partial charge < -0.3 is 19.7 Å². The van der Waals surface area contributed by atoms with Crippen LogP contribution in [0.2, 0.25) is 0 Å². The standard InChI is InChI=1S/C10H17N5O2/c1-11-8-12-9(15(2)3)14-10(13-8)17-7-4-5-16-6-7/h7H,4-6H2,1-3H3,(H,11,12,13,14). The Bertz CT molecular complexity index is 379. The molecule has 0 aromatic carbocycles. The fraction of sp³-hybridized carbons (Fsp3) is 0.700. The summed E-state index contributed by atoms with van der Waals surface area (Å²) < 4.78 is 10.9. The Morgan fingerprint density at radius 2 is 2.18 bits per heavy atom. The first kappa shape index (κ1) is 11.8. The molecular formula is C10H17N5O2. The molecule has 0 saturated carbocycles. The zero-order valence-corrected chi connectivity index (χ0v) is 10.3. The molecular weight excluding hydrogens is 222 g/mol. The van der Waals surface area contributed by atoms with E-state index in [0.717, 1.165) is 13.0 Å². The second-order valence-corrected chi connectivity index (χ2v) is 3.99. The summed E-state index contributed by atoms with van der Waals surface area (Å²) in [6.45, 7) is 1.33. The molecule has 94 valence electrons. The predicted octanol–water partition coefficient (Wildman–Crippen LogP) is 0.147. The Hall–Kier alpha value is -1.63. The summed E-state index contributed by atoms with van der Waals surface area (Å²) in [6.07, 6.45) is 0.912. The van der Waals surface area contributed by atoms with Gasteiger partial charge in [-0.3, -0.25) is 0 Å². The maximum Gasteiger partial charge on any atom is 0.323 e. The van der Waals surface area contributed by atoms with E-state index in [9.17, 15) is 0 Å². The third-order valence-electron chi connectivity index (χ3n) is 2.39. The monoisotopic (exact) mass is 239 g/mol. The van der Waals surface area contributed by atoms with Gasteiger partial charge in [0.1, 0.15) is 6.10 Å². The van der Waals surface area contributed by atoms with Crippen LogP contribution < -0.4 is 15.0 Å². The quantitative estimate of drug-likeness (QED) is 0.801. The summed E-state index contributed by atoms with van der Waals surface area (Å²) in [5, 5.41) is 2.89. The highest BCUT2D eigenvalue weighted by Crippen LogP contribution is 2.16. The average Bonchev–Trinajstić information content (AvgIpc) is 2.81. The first-order chi connectivity index (χ1) is 8.19. The van der Waals surface area contributed by atoms with Gasteiger partial charge in [-0.15, -0.1) is 0 Å². The van der Waals surface area contributed by atoms with Crippen molar-refractivity contribution in [1.29, 1.82) is 0 Å². The minimum absolute atomic E-state index is 0.0390. The zero-order valence-electron chi connectivity index (χ0n) is 10.3. The number of hydrogen-bond donors (Lipinski definition) is 1. The van der Waals surface area contributed by atoms with Gasteiger partial charge in [0.2, 0.25) is 11.9 Å². The molecule has 17 heavy (non-hydrogen) atoms. The van der Waals surface area contributed by atoms with Crippen molar-refractivity contribution in [2.45, 2.75) is 12.5 Å². The maximum absolute atomic E-state index is 5.65. The van der Waals surface area contributed by atoms with Gasteiger partial charge in [-0.1, -0.05) is 0 Å². The van der Waals surface area contributed by atoms with Crippen molar-refractivity contribution in [2.75, 3.05) is 44.6 Å². The van der Waals surface area contributed by atoms with Crippen LogP contribution in [0.1, 0.15) is 6.42 Å². The molecule has 1 saturated heterocycles. The first-order valence-electron chi connectivity index (χ1n) is 5.54. The molecule has 0 radical (unpaired) electrons. The van der Waals surface area contributed by atoms with E-state index in [1.807, 2.05) is 14.1 Å². The molecule has 7 nitrogen and oxygen atoms in total. The minimum atomic E-state index is 0.0390. The van der Waals surface area contributed by atoms with Crippen molar-refractivity contribution in [3.05, 3.63) is 0 Å². The smallest absolute Gasteiger partial charge is 0.323 e. The van der Waals surface area contributed by atoms with Gasteiger partial charge in [0, 0.05) is 27.6 Å². The molecule has 1 fully saturated rings. The van der Waals surface area contributed by atoms with Gasteiger partial charge in [-0.2, -0.15) is 15.0 Å². The third kappa shape index (κ3) is 2.94. The Balaban J connectivity index is 2.16. The van der Waals surface area contributed by atoms with Crippen LogP contribution in [0.4, 0.5) is 11.9 Å². The van der Waals surface area contributed by atoms with Crippen LogP contribution in [0.3, 0.4) is 0 Å². The lowest BCUT2D eigenvalue weighted by molar-refractivity contribution is 0.134. The predicted molar refractivity (Wildman–Crippen MR) is 63.6 cm³/mol. The normalized spacial score (nSPS) is 19.1. The fourth-order valence-electron chi connectivity index (χ4n) is 1.47. The topological polar surface area (TPSA) is 72.4 Å². The summed E-state index contributed by atoms with van der Waals surface area (Å²) >= 11 is 0. The molecule has 7 heteroatoms. The number of nitrogens with one attached hydrogen (secondary N) is 1. The molecule has 0 bridgehead atoms. The van der Waals surface area contributed by atoms with E-state index < -0.39 is 0 Å². The average molecular weight is 239 g/mol. The lowest BCUT2D eigenvalue weighted by Gasteiger charge is -2.14. The van der Waals surface area contributed by atoms with Crippen molar-refractivity contribution in [1.82, 2.24) is 15.0 Å². The van der Waals surface area contributed by atoms with Crippen LogP contribution in [-0.4, -0.2) is 55.4 Å². The first-order valence-corrected chi connectivity index (χ1v) is 5.54. The molecule has 2 heterocycles. The molecule has 0 amide bonds. The number of ether oxygens (including phenoxy) is 2. The molecule has 1 aliphatic rings. The summed E-state index contributed by atoms with van der Waals surface area (Å²) in [6, 6.07) is 0.337. The third-order valence-corrected chi connectivity index (χ3v) is 2.39. The molecule has 0 spiro atoms. The van der Waals surface area contributed by atoms with Crippen molar-refractivity contribution in [3.8, 4) is 6.01 Å². The van der Waals surface area contributed by atoms with E-state index in [0.29, 0.717) is 24.5 Å². The summed E-state index contributed by atoms with van der Waals surface area (Å²) in [5.41, 5.74) is 0. The molecule has 1 aromatic heterocycles. The SMILES string of the molecule is CNc1nc(OC2CCOC2)nc(N(C)C)n1. The molecule has 1 unspecified atom stereocenters. The van der Waals surface area contributed by atoms with Crippen LogP contribution in [0.5, 0.6) is 6.01 Å². The number of nitrogens with zero attached hydrogens (tertiary/aromatic N) is 4. The summed E-state index contributed by atoms with van der Waals surface area (Å²) in [4.78, 5) is 14.4. The molecule has 1 aliphatic heterocycles. The van der Waals surface area contributed by atoms with Crippen LogP contribution in [-0.2, 0) is 4.74 Å². The van der Waals surface area contributed by atoms with Gasteiger partial charge in [-0.05, 0) is 0 Å². The summed E-state index contributed by atoms with van der Waals surface area (Å²) in [5.74, 6) is 1.07. The Morgan fingerprint density at radius 1 is 1.35 bits per heavy atom. The second kappa shape index (κ2) is 5.13. The van der Waals surface area contributed by atoms with Gasteiger partial charge in [0.25, 0.3) is 0 Å². The second-order valence-electron chi connectivity index (χ2n) is 3.99. The molecule has 1 N–H and O–H groups in total. The highest BCUT2D eigenvalue weighted by Gasteiger charge is 2.19. The number of hydrogen-bond acceptors (Lipinski definition) is 7. The van der Waals surface area contributed by atoms with Crippen LogP contribution in [0.15, 0.2) is 0 Å². The molecule has 1 atom stereocenters. The zero-order chi connectivity index (χ0) is 12.3. The van der Waals surface area contributed by atoms with E-state index >= 15 is 0 Å². The molecule has 1 aromatic rings. The van der Waals surface area contributed by atoms with E-state index in [1.54, 1.807) is 11.9 Å². The number of aromatic nitrogens is 3. The van der Waals surface area contributed by atoms with Crippen LogP contribution in [0.25, 0.3) is 0 Å². The van der Waals surface area contributed by atoms with Gasteiger partial charge in [0.05, 0.1) is 13.2 Å². The van der Waals surface area contributed by atoms with Crippen molar-refractivity contribution < 1.29 is 9.47 Å². The highest BCUT2D eigenvalue weighted by atomic mass is 16.6. The largest absolute Gasteiger partial charge is 0.457 e. The van der Waals surface area contributed by atoms with Gasteiger partial charge >= 0.3 is 6.01 Å². The molecule has 2 rings (SSSR count). The number of anilines is 2. The van der Waals surface area contributed by atoms with E-state index in [1.165, 1.54) is 0 Å². The lowest BCUT2D eigenvalue weighted by atomic mass is 10.3. The van der Waals surface area contributed by atoms with E-state index in [2.05, 4.69) is 20.3 Å². The molecule has 0 aliphatic carbocycles. The number of rotatable bonds is 4. The van der Waals surface area contributed by atoms with Crippen molar-refractivity contribution in [3.63, 3.8) is 0 Å². The van der Waals surface area contributed by atoms with Crippen LogP contribution in [0, 0.1) is 0 Å². The van der Waals surface area contributed by atoms with E-state index in [-0.39, 0.29) is 6.10 Å². The minimum Gasteiger partial charge on any atom is -0.457 e. The van der Waals surface area contributed by atoms with E-state index in [4.69, 9.17) is 9.47 Å². The van der Waals surface area contributed by atoms with Gasteiger partial charge in [-0.25, -0.2) is 0 Å². The van der Waals surface area contributed by atoms with Gasteiger partial charge in [0.15, 0.2) is 0 Å².